The van der Waals surface area contributed by atoms with Crippen LogP contribution >= 0.6 is 0 Å². The minimum atomic E-state index is 0.00535. The third-order valence-electron chi connectivity index (χ3n) is 3.93. The summed E-state index contributed by atoms with van der Waals surface area (Å²) >= 11 is 0. The smallest absolute Gasteiger partial charge is 0.176 e. The largest absolute Gasteiger partial charge is 0.868 e. The fourth-order valence-corrected chi connectivity index (χ4v) is 2.70. The lowest BCUT2D eigenvalue weighted by molar-refractivity contribution is -0.457. The van der Waals surface area contributed by atoms with E-state index in [2.05, 4.69) is 0 Å². The van der Waals surface area contributed by atoms with E-state index in [1.165, 1.54) is 5.56 Å². The highest BCUT2D eigenvalue weighted by Crippen LogP contribution is 2.31. The van der Waals surface area contributed by atoms with E-state index in [-0.39, 0.29) is 5.76 Å². The van der Waals surface area contributed by atoms with Crippen LogP contribution in [0.5, 0.6) is 11.5 Å². The van der Waals surface area contributed by atoms with Gasteiger partial charge in [0.15, 0.2) is 30.5 Å². The van der Waals surface area contributed by atoms with E-state index >= 15 is 0 Å². The predicted octanol–water partition coefficient (Wildman–Crippen LogP) is 2.05. The summed E-state index contributed by atoms with van der Waals surface area (Å²) in [6.07, 6.45) is 4.47. The molecule has 0 amide bonds. The molecule has 3 rings (SSSR count). The molecule has 0 bridgehead atoms. The van der Waals surface area contributed by atoms with E-state index in [0.29, 0.717) is 11.3 Å². The van der Waals surface area contributed by atoms with Gasteiger partial charge >= 0.3 is 0 Å². The van der Waals surface area contributed by atoms with E-state index in [1.54, 1.807) is 20.4 Å². The summed E-state index contributed by atoms with van der Waals surface area (Å²) in [5.41, 5.74) is 2.93. The van der Waals surface area contributed by atoms with Crippen LogP contribution in [0.2, 0.25) is 0 Å². The van der Waals surface area contributed by atoms with Crippen LogP contribution in [0.3, 0.4) is 0 Å². The summed E-state index contributed by atoms with van der Waals surface area (Å²) < 4.78 is 12.6. The average molecular weight is 309 g/mol. The standard InChI is InChI=1S/C19H19NO3/c1-22-18-10-15-8-9-20(12-16(15)11-19(18)23-2)13-17(21)14-6-4-3-5-7-14/h3-7,10-13H,8-9H2,1-2H3/b17-13-. The first-order valence-corrected chi connectivity index (χ1v) is 7.51. The van der Waals surface area contributed by atoms with Gasteiger partial charge in [-0.2, -0.15) is 0 Å². The van der Waals surface area contributed by atoms with Crippen molar-refractivity contribution >= 4 is 12.0 Å². The van der Waals surface area contributed by atoms with E-state index in [1.807, 2.05) is 53.3 Å². The molecule has 0 saturated carbocycles. The summed E-state index contributed by atoms with van der Waals surface area (Å²) in [5.74, 6) is 1.43. The number of hydrogen-bond acceptors (Lipinski definition) is 3. The Kier molecular flexibility index (Phi) is 4.33. The predicted molar refractivity (Wildman–Crippen MR) is 88.0 cm³/mol. The zero-order chi connectivity index (χ0) is 16.2. The molecule has 0 radical (unpaired) electrons. The van der Waals surface area contributed by atoms with Crippen molar-refractivity contribution in [3.05, 3.63) is 65.4 Å². The Bertz CT molecular complexity index is 764. The molecule has 4 heteroatoms. The monoisotopic (exact) mass is 309 g/mol. The van der Waals surface area contributed by atoms with Gasteiger partial charge in [-0.05, 0) is 29.0 Å². The van der Waals surface area contributed by atoms with Gasteiger partial charge in [-0.25, -0.2) is 4.58 Å². The van der Waals surface area contributed by atoms with E-state index < -0.39 is 0 Å². The SMILES string of the molecule is COc1cc2c(cc1OC)CC[N+](/C=C(\[O-])c1ccccc1)=C2. The average Bonchev–Trinajstić information content (AvgIpc) is 2.61. The Labute approximate surface area is 135 Å². The maximum absolute atomic E-state index is 12.3. The molecule has 0 aromatic heterocycles. The van der Waals surface area contributed by atoms with Crippen molar-refractivity contribution in [2.24, 2.45) is 0 Å². The number of nitrogens with zero attached hydrogens (tertiary/aromatic N) is 1. The van der Waals surface area contributed by atoms with Crippen LogP contribution in [-0.2, 0) is 6.42 Å². The molecule has 2 aromatic carbocycles. The molecule has 0 atom stereocenters. The normalized spacial score (nSPS) is 14.0. The van der Waals surface area contributed by atoms with Crippen LogP contribution in [0, 0.1) is 0 Å². The lowest BCUT2D eigenvalue weighted by atomic mass is 10.0. The quantitative estimate of drug-likeness (QED) is 0.641. The zero-order valence-electron chi connectivity index (χ0n) is 13.3. The van der Waals surface area contributed by atoms with Crippen molar-refractivity contribution < 1.29 is 19.2 Å². The van der Waals surface area contributed by atoms with Crippen molar-refractivity contribution in [1.82, 2.24) is 0 Å². The van der Waals surface area contributed by atoms with Gasteiger partial charge < -0.3 is 14.6 Å². The van der Waals surface area contributed by atoms with Crippen LogP contribution < -0.4 is 14.6 Å². The molecule has 4 nitrogen and oxygen atoms in total. The Morgan fingerprint density at radius 2 is 1.78 bits per heavy atom. The van der Waals surface area contributed by atoms with E-state index in [9.17, 15) is 5.11 Å². The Morgan fingerprint density at radius 1 is 1.09 bits per heavy atom. The topological polar surface area (TPSA) is 44.5 Å². The maximum atomic E-state index is 12.3. The Balaban J connectivity index is 1.94. The molecule has 0 spiro atoms. The molecule has 0 fully saturated rings. The lowest BCUT2D eigenvalue weighted by Gasteiger charge is -2.16. The summed E-state index contributed by atoms with van der Waals surface area (Å²) in [5, 5.41) is 12.3. The zero-order valence-corrected chi connectivity index (χ0v) is 13.3. The highest BCUT2D eigenvalue weighted by Gasteiger charge is 2.18. The van der Waals surface area contributed by atoms with Gasteiger partial charge in [0.2, 0.25) is 0 Å². The van der Waals surface area contributed by atoms with Gasteiger partial charge in [-0.1, -0.05) is 30.3 Å². The second-order valence-electron chi connectivity index (χ2n) is 5.38. The molecule has 0 unspecified atom stereocenters. The number of benzene rings is 2. The van der Waals surface area contributed by atoms with Crippen LogP contribution in [0.25, 0.3) is 5.76 Å². The lowest BCUT2D eigenvalue weighted by Crippen LogP contribution is -2.20. The maximum Gasteiger partial charge on any atom is 0.176 e. The molecule has 0 aliphatic carbocycles. The fraction of sp³-hybridized carbons (Fsp3) is 0.211. The van der Waals surface area contributed by atoms with Gasteiger partial charge in [0.1, 0.15) is 0 Å². The van der Waals surface area contributed by atoms with E-state index in [4.69, 9.17) is 9.47 Å². The molecule has 1 aliphatic rings. The molecule has 0 N–H and O–H groups in total. The number of fused-ring (bicyclic) bond motifs is 1. The molecule has 118 valence electrons. The second-order valence-corrected chi connectivity index (χ2v) is 5.38. The molecule has 23 heavy (non-hydrogen) atoms. The Hall–Kier alpha value is -2.75. The molecule has 1 aliphatic heterocycles. The minimum Gasteiger partial charge on any atom is -0.868 e. The van der Waals surface area contributed by atoms with Gasteiger partial charge in [-0.15, -0.1) is 0 Å². The number of methoxy groups -OCH3 is 2. The van der Waals surface area contributed by atoms with Crippen LogP contribution in [-0.4, -0.2) is 31.6 Å². The van der Waals surface area contributed by atoms with Crippen molar-refractivity contribution in [3.63, 3.8) is 0 Å². The third-order valence-corrected chi connectivity index (χ3v) is 3.93. The second kappa shape index (κ2) is 6.57. The molecular weight excluding hydrogens is 290 g/mol. The fourth-order valence-electron chi connectivity index (χ4n) is 2.70. The van der Waals surface area contributed by atoms with Crippen molar-refractivity contribution in [2.75, 3.05) is 20.8 Å². The first-order valence-electron chi connectivity index (χ1n) is 7.51. The first kappa shape index (κ1) is 15.2. The molecule has 1 heterocycles. The van der Waals surface area contributed by atoms with Gasteiger partial charge in [0, 0.05) is 12.0 Å². The molecule has 0 saturated heterocycles. The van der Waals surface area contributed by atoms with Crippen LogP contribution in [0.4, 0.5) is 0 Å². The number of rotatable bonds is 4. The van der Waals surface area contributed by atoms with E-state index in [0.717, 1.165) is 24.3 Å². The number of ether oxygens (including phenoxy) is 2. The number of hydrogen-bond donors (Lipinski definition) is 0. The first-order chi connectivity index (χ1) is 11.2. The minimum absolute atomic E-state index is 0.00535. The van der Waals surface area contributed by atoms with Crippen LogP contribution in [0.1, 0.15) is 16.7 Å². The molecule has 2 aromatic rings. The summed E-state index contributed by atoms with van der Waals surface area (Å²) in [4.78, 5) is 0. The van der Waals surface area contributed by atoms with Crippen molar-refractivity contribution in [2.45, 2.75) is 6.42 Å². The Morgan fingerprint density at radius 3 is 2.48 bits per heavy atom. The summed E-state index contributed by atoms with van der Waals surface area (Å²) in [6.45, 7) is 0.765. The summed E-state index contributed by atoms with van der Waals surface area (Å²) in [7, 11) is 3.26. The third kappa shape index (κ3) is 3.21. The van der Waals surface area contributed by atoms with Gasteiger partial charge in [0.25, 0.3) is 0 Å². The highest BCUT2D eigenvalue weighted by molar-refractivity contribution is 5.81. The van der Waals surface area contributed by atoms with Crippen LogP contribution in [0.15, 0.2) is 48.7 Å². The van der Waals surface area contributed by atoms with Gasteiger partial charge in [0.05, 0.1) is 14.2 Å². The highest BCUT2D eigenvalue weighted by atomic mass is 16.5. The van der Waals surface area contributed by atoms with Gasteiger partial charge in [-0.3, -0.25) is 0 Å². The van der Waals surface area contributed by atoms with Crippen molar-refractivity contribution in [1.29, 1.82) is 0 Å². The summed E-state index contributed by atoms with van der Waals surface area (Å²) in [6, 6.07) is 13.2. The van der Waals surface area contributed by atoms with Crippen molar-refractivity contribution in [3.8, 4) is 11.5 Å². The molecular formula is C19H19NO3.